The fraction of sp³-hybridized carbons (Fsp3) is 0.600. The molecule has 1 heteroatoms. The highest BCUT2D eigenvalue weighted by molar-refractivity contribution is 5.35. The van der Waals surface area contributed by atoms with Gasteiger partial charge in [-0.1, -0.05) is 31.2 Å². The first-order valence-electron chi connectivity index (χ1n) is 6.72. The van der Waals surface area contributed by atoms with Crippen LogP contribution >= 0.6 is 0 Å². The highest BCUT2D eigenvalue weighted by Crippen LogP contribution is 2.41. The second-order valence-electron chi connectivity index (χ2n) is 5.24. The molecule has 1 aliphatic heterocycles. The Morgan fingerprint density at radius 3 is 3.00 bits per heavy atom. The molecule has 1 saturated heterocycles. The van der Waals surface area contributed by atoms with Crippen molar-refractivity contribution < 1.29 is 0 Å². The molecular weight excluding hydrogens is 194 g/mol. The third-order valence-electron chi connectivity index (χ3n) is 4.34. The first-order valence-corrected chi connectivity index (χ1v) is 6.72. The fourth-order valence-electron chi connectivity index (χ4n) is 3.66. The number of likely N-dealkylation sites (tertiary alicyclic amines) is 1. The van der Waals surface area contributed by atoms with E-state index in [4.69, 9.17) is 0 Å². The lowest BCUT2D eigenvalue weighted by molar-refractivity contribution is 0.227. The molecule has 86 valence electrons. The predicted molar refractivity (Wildman–Crippen MR) is 67.8 cm³/mol. The van der Waals surface area contributed by atoms with Gasteiger partial charge in [0.05, 0.1) is 0 Å². The summed E-state index contributed by atoms with van der Waals surface area (Å²) in [5.41, 5.74) is 3.26. The Labute approximate surface area is 98.5 Å². The first kappa shape index (κ1) is 10.3. The van der Waals surface area contributed by atoms with Crippen LogP contribution in [0.25, 0.3) is 0 Å². The number of hydrogen-bond donors (Lipinski definition) is 0. The highest BCUT2D eigenvalue weighted by atomic mass is 15.2. The van der Waals surface area contributed by atoms with Crippen molar-refractivity contribution in [3.63, 3.8) is 0 Å². The third-order valence-corrected chi connectivity index (χ3v) is 4.34. The van der Waals surface area contributed by atoms with E-state index >= 15 is 0 Å². The van der Waals surface area contributed by atoms with Crippen LogP contribution in [0.2, 0.25) is 0 Å². The van der Waals surface area contributed by atoms with Gasteiger partial charge in [0.1, 0.15) is 0 Å². The van der Waals surface area contributed by atoms with Crippen LogP contribution in [-0.4, -0.2) is 24.0 Å². The summed E-state index contributed by atoms with van der Waals surface area (Å²) in [6.45, 7) is 4.91. The van der Waals surface area contributed by atoms with Crippen molar-refractivity contribution in [1.29, 1.82) is 0 Å². The molecule has 2 atom stereocenters. The lowest BCUT2D eigenvalue weighted by atomic mass is 9.79. The Morgan fingerprint density at radius 2 is 2.12 bits per heavy atom. The van der Waals surface area contributed by atoms with Gasteiger partial charge >= 0.3 is 0 Å². The van der Waals surface area contributed by atoms with E-state index in [1.165, 1.54) is 38.8 Å². The van der Waals surface area contributed by atoms with E-state index in [9.17, 15) is 0 Å². The van der Waals surface area contributed by atoms with E-state index in [1.54, 1.807) is 11.1 Å². The Morgan fingerprint density at radius 1 is 1.25 bits per heavy atom. The molecule has 0 amide bonds. The lowest BCUT2D eigenvalue weighted by Gasteiger charge is -2.33. The summed E-state index contributed by atoms with van der Waals surface area (Å²) in [6, 6.07) is 9.94. The summed E-state index contributed by atoms with van der Waals surface area (Å²) in [7, 11) is 0. The Kier molecular flexibility index (Phi) is 2.72. The molecule has 1 nitrogen and oxygen atoms in total. The maximum Gasteiger partial charge on any atom is 0.0168 e. The minimum Gasteiger partial charge on any atom is -0.300 e. The summed E-state index contributed by atoms with van der Waals surface area (Å²) >= 11 is 0. The number of nitrogens with zero attached hydrogens (tertiary/aromatic N) is 1. The highest BCUT2D eigenvalue weighted by Gasteiger charge is 2.37. The molecule has 1 aliphatic carbocycles. The number of fused-ring (bicyclic) bond motifs is 3. The van der Waals surface area contributed by atoms with Crippen molar-refractivity contribution in [2.45, 2.75) is 44.6 Å². The predicted octanol–water partition coefficient (Wildman–Crippen LogP) is 3.20. The van der Waals surface area contributed by atoms with Crippen molar-refractivity contribution in [2.75, 3.05) is 13.1 Å². The standard InChI is InChI=1S/C15H21N/c1-2-10-16-11-9-14-13-6-4-3-5-12(13)7-8-15(14)16/h3-6,14-15H,2,7-11H2,1H3/t14-,15-/m0/s1. The molecule has 1 aromatic rings. The van der Waals surface area contributed by atoms with Crippen LogP contribution in [0, 0.1) is 0 Å². The molecule has 16 heavy (non-hydrogen) atoms. The Bertz CT molecular complexity index is 371. The van der Waals surface area contributed by atoms with Gasteiger partial charge in [0.25, 0.3) is 0 Å². The normalized spacial score (nSPS) is 28.8. The van der Waals surface area contributed by atoms with Crippen molar-refractivity contribution in [3.05, 3.63) is 35.4 Å². The Balaban J connectivity index is 1.87. The second-order valence-corrected chi connectivity index (χ2v) is 5.24. The second kappa shape index (κ2) is 4.21. The molecular formula is C15H21N. The van der Waals surface area contributed by atoms with Crippen LogP contribution < -0.4 is 0 Å². The van der Waals surface area contributed by atoms with Gasteiger partial charge < -0.3 is 0 Å². The topological polar surface area (TPSA) is 3.24 Å². The van der Waals surface area contributed by atoms with Gasteiger partial charge in [-0.05, 0) is 49.9 Å². The average molecular weight is 215 g/mol. The largest absolute Gasteiger partial charge is 0.300 e. The maximum atomic E-state index is 2.72. The Hall–Kier alpha value is -0.820. The van der Waals surface area contributed by atoms with E-state index < -0.39 is 0 Å². The van der Waals surface area contributed by atoms with Crippen LogP contribution in [0.3, 0.4) is 0 Å². The third kappa shape index (κ3) is 1.58. The molecule has 0 aromatic heterocycles. The van der Waals surface area contributed by atoms with E-state index in [0.29, 0.717) is 0 Å². The zero-order valence-electron chi connectivity index (χ0n) is 10.2. The quantitative estimate of drug-likeness (QED) is 0.732. The SMILES string of the molecule is CCCN1CC[C@H]2c3ccccc3CC[C@@H]21. The summed E-state index contributed by atoms with van der Waals surface area (Å²) in [4.78, 5) is 2.72. The zero-order chi connectivity index (χ0) is 11.0. The molecule has 0 unspecified atom stereocenters. The molecule has 1 fully saturated rings. The van der Waals surface area contributed by atoms with Crippen LogP contribution in [0.4, 0.5) is 0 Å². The first-order chi connectivity index (χ1) is 7.90. The van der Waals surface area contributed by atoms with E-state index in [2.05, 4.69) is 36.1 Å². The molecule has 0 saturated carbocycles. The van der Waals surface area contributed by atoms with Gasteiger partial charge in [0.2, 0.25) is 0 Å². The van der Waals surface area contributed by atoms with Gasteiger partial charge in [0.15, 0.2) is 0 Å². The molecule has 0 radical (unpaired) electrons. The van der Waals surface area contributed by atoms with Crippen LogP contribution in [0.1, 0.15) is 43.2 Å². The minimum absolute atomic E-state index is 0.830. The summed E-state index contributed by atoms with van der Waals surface area (Å²) in [5.74, 6) is 0.830. The van der Waals surface area contributed by atoms with Crippen molar-refractivity contribution in [3.8, 4) is 0 Å². The van der Waals surface area contributed by atoms with Gasteiger partial charge in [0, 0.05) is 12.0 Å². The van der Waals surface area contributed by atoms with Gasteiger partial charge in [-0.25, -0.2) is 0 Å². The summed E-state index contributed by atoms with van der Waals surface area (Å²) < 4.78 is 0. The van der Waals surface area contributed by atoms with Crippen LogP contribution in [-0.2, 0) is 6.42 Å². The lowest BCUT2D eigenvalue weighted by Crippen LogP contribution is -2.35. The molecule has 2 aliphatic rings. The van der Waals surface area contributed by atoms with Crippen LogP contribution in [0.5, 0.6) is 0 Å². The number of hydrogen-bond acceptors (Lipinski definition) is 1. The van der Waals surface area contributed by atoms with Gasteiger partial charge in [-0.2, -0.15) is 0 Å². The summed E-state index contributed by atoms with van der Waals surface area (Å²) in [5, 5.41) is 0. The number of aryl methyl sites for hydroxylation is 1. The number of rotatable bonds is 2. The van der Waals surface area contributed by atoms with E-state index in [0.717, 1.165) is 12.0 Å². The van der Waals surface area contributed by atoms with Crippen molar-refractivity contribution in [1.82, 2.24) is 4.90 Å². The average Bonchev–Trinajstić information content (AvgIpc) is 2.73. The van der Waals surface area contributed by atoms with Crippen molar-refractivity contribution in [2.24, 2.45) is 0 Å². The fourth-order valence-corrected chi connectivity index (χ4v) is 3.66. The molecule has 0 N–H and O–H groups in total. The maximum absolute atomic E-state index is 2.72. The van der Waals surface area contributed by atoms with Crippen LogP contribution in [0.15, 0.2) is 24.3 Å². The molecule has 0 bridgehead atoms. The monoisotopic (exact) mass is 215 g/mol. The van der Waals surface area contributed by atoms with E-state index in [1.807, 2.05) is 0 Å². The minimum atomic E-state index is 0.830. The smallest absolute Gasteiger partial charge is 0.0168 e. The number of benzene rings is 1. The van der Waals surface area contributed by atoms with E-state index in [-0.39, 0.29) is 0 Å². The molecule has 1 heterocycles. The van der Waals surface area contributed by atoms with Gasteiger partial charge in [-0.3, -0.25) is 4.90 Å². The van der Waals surface area contributed by atoms with Crippen molar-refractivity contribution >= 4 is 0 Å². The zero-order valence-corrected chi connectivity index (χ0v) is 10.2. The molecule has 1 aromatic carbocycles. The molecule has 3 rings (SSSR count). The summed E-state index contributed by atoms with van der Waals surface area (Å²) in [6.07, 6.45) is 5.34. The van der Waals surface area contributed by atoms with Gasteiger partial charge in [-0.15, -0.1) is 0 Å². The molecule has 0 spiro atoms.